The predicted octanol–water partition coefficient (Wildman–Crippen LogP) is 2.29. The van der Waals surface area contributed by atoms with E-state index in [1.54, 1.807) is 17.3 Å². The van der Waals surface area contributed by atoms with Crippen LogP contribution in [0.5, 0.6) is 0 Å². The molecule has 0 amide bonds. The first kappa shape index (κ1) is 16.2. The molecule has 2 saturated heterocycles. The number of sulfonamides is 1. The number of rotatable bonds is 4. The predicted molar refractivity (Wildman–Crippen MR) is 86.6 cm³/mol. The van der Waals surface area contributed by atoms with Gasteiger partial charge < -0.3 is 4.90 Å². The van der Waals surface area contributed by atoms with E-state index in [4.69, 9.17) is 11.6 Å². The molecule has 1 atom stereocenters. The molecular formula is C15H22ClN3O2S. The van der Waals surface area contributed by atoms with Gasteiger partial charge in [0.25, 0.3) is 0 Å². The van der Waals surface area contributed by atoms with E-state index in [1.165, 1.54) is 19.0 Å². The minimum Gasteiger partial charge on any atom is -0.302 e. The number of nitrogens with zero attached hydrogens (tertiary/aromatic N) is 3. The largest absolute Gasteiger partial charge is 0.302 e. The number of aryl methyl sites for hydroxylation is 1. The third kappa shape index (κ3) is 3.15. The average molecular weight is 344 g/mol. The van der Waals surface area contributed by atoms with E-state index in [2.05, 4.69) is 9.88 Å². The molecule has 0 N–H and O–H groups in total. The summed E-state index contributed by atoms with van der Waals surface area (Å²) in [6.07, 6.45) is 5.68. The van der Waals surface area contributed by atoms with Gasteiger partial charge in [0.05, 0.1) is 0 Å². The van der Waals surface area contributed by atoms with Gasteiger partial charge in [0.2, 0.25) is 10.0 Å². The Kier molecular flexibility index (Phi) is 4.73. The van der Waals surface area contributed by atoms with E-state index < -0.39 is 10.0 Å². The first-order valence-corrected chi connectivity index (χ1v) is 9.66. The van der Waals surface area contributed by atoms with Crippen molar-refractivity contribution in [2.24, 2.45) is 0 Å². The van der Waals surface area contributed by atoms with E-state index in [9.17, 15) is 8.42 Å². The molecule has 0 aliphatic carbocycles. The normalized spacial score (nSPS) is 24.2. The van der Waals surface area contributed by atoms with Crippen molar-refractivity contribution in [3.63, 3.8) is 0 Å². The second kappa shape index (κ2) is 6.43. The fourth-order valence-corrected chi connectivity index (χ4v) is 5.20. The molecule has 0 radical (unpaired) electrons. The maximum atomic E-state index is 12.9. The summed E-state index contributed by atoms with van der Waals surface area (Å²) in [5, 5.41) is 0.356. The van der Waals surface area contributed by atoms with Crippen LogP contribution in [0.25, 0.3) is 0 Å². The van der Waals surface area contributed by atoms with Gasteiger partial charge in [0, 0.05) is 25.3 Å². The summed E-state index contributed by atoms with van der Waals surface area (Å²) in [5.41, 5.74) is 0.693. The van der Waals surface area contributed by atoms with Crippen molar-refractivity contribution >= 4 is 21.6 Å². The van der Waals surface area contributed by atoms with Crippen molar-refractivity contribution < 1.29 is 8.42 Å². The van der Waals surface area contributed by atoms with Crippen molar-refractivity contribution in [1.29, 1.82) is 0 Å². The third-order valence-electron chi connectivity index (χ3n) is 4.59. The molecule has 0 spiro atoms. The molecule has 1 aromatic rings. The molecular weight excluding hydrogens is 322 g/mol. The van der Waals surface area contributed by atoms with Crippen LogP contribution in [0.3, 0.4) is 0 Å². The van der Waals surface area contributed by atoms with Crippen LogP contribution in [0, 0.1) is 6.92 Å². The number of likely N-dealkylation sites (tertiary alicyclic amines) is 1. The Morgan fingerprint density at radius 3 is 2.68 bits per heavy atom. The molecule has 122 valence electrons. The van der Waals surface area contributed by atoms with Gasteiger partial charge >= 0.3 is 0 Å². The third-order valence-corrected chi connectivity index (χ3v) is 6.90. The van der Waals surface area contributed by atoms with Gasteiger partial charge in [0.1, 0.15) is 10.0 Å². The quantitative estimate of drug-likeness (QED) is 0.787. The lowest BCUT2D eigenvalue weighted by molar-refractivity contribution is 0.257. The van der Waals surface area contributed by atoms with Crippen LogP contribution in [0.15, 0.2) is 17.2 Å². The van der Waals surface area contributed by atoms with Gasteiger partial charge in [-0.05, 0) is 57.3 Å². The minimum atomic E-state index is -3.48. The van der Waals surface area contributed by atoms with Crippen molar-refractivity contribution in [2.45, 2.75) is 43.5 Å². The van der Waals surface area contributed by atoms with Crippen LogP contribution in [0.1, 0.15) is 31.2 Å². The molecule has 2 aliphatic heterocycles. The van der Waals surface area contributed by atoms with Crippen LogP contribution >= 0.6 is 11.6 Å². The average Bonchev–Trinajstić information content (AvgIpc) is 3.14. The highest BCUT2D eigenvalue weighted by Crippen LogP contribution is 2.28. The summed E-state index contributed by atoms with van der Waals surface area (Å²) in [7, 11) is -3.48. The number of halogens is 1. The number of aromatic nitrogens is 1. The van der Waals surface area contributed by atoms with Gasteiger partial charge in [-0.2, -0.15) is 4.31 Å². The SMILES string of the molecule is Cc1cc(S(=O)(=O)N2CCCC2CN2CCCC2)cnc1Cl. The molecule has 0 aromatic carbocycles. The second-order valence-corrected chi connectivity index (χ2v) is 8.45. The zero-order chi connectivity index (χ0) is 15.7. The fourth-order valence-electron chi connectivity index (χ4n) is 3.38. The Hall–Kier alpha value is -0.690. The Morgan fingerprint density at radius 2 is 2.00 bits per heavy atom. The summed E-state index contributed by atoms with van der Waals surface area (Å²) >= 11 is 5.91. The Bertz CT molecular complexity index is 644. The zero-order valence-electron chi connectivity index (χ0n) is 12.8. The molecule has 3 heterocycles. The van der Waals surface area contributed by atoms with Crippen molar-refractivity contribution in [3.8, 4) is 0 Å². The number of hydrogen-bond donors (Lipinski definition) is 0. The highest BCUT2D eigenvalue weighted by molar-refractivity contribution is 7.89. The van der Waals surface area contributed by atoms with Gasteiger partial charge in [-0.3, -0.25) is 0 Å². The minimum absolute atomic E-state index is 0.0825. The molecule has 1 unspecified atom stereocenters. The lowest BCUT2D eigenvalue weighted by Gasteiger charge is -2.27. The highest BCUT2D eigenvalue weighted by atomic mass is 35.5. The highest BCUT2D eigenvalue weighted by Gasteiger charge is 2.36. The zero-order valence-corrected chi connectivity index (χ0v) is 14.4. The fraction of sp³-hybridized carbons (Fsp3) is 0.667. The van der Waals surface area contributed by atoms with E-state index in [0.717, 1.165) is 32.5 Å². The first-order chi connectivity index (χ1) is 10.5. The maximum Gasteiger partial charge on any atom is 0.244 e. The Balaban J connectivity index is 1.81. The summed E-state index contributed by atoms with van der Waals surface area (Å²) in [5.74, 6) is 0. The van der Waals surface area contributed by atoms with Crippen LogP contribution in [-0.4, -0.2) is 54.8 Å². The van der Waals surface area contributed by atoms with E-state index in [-0.39, 0.29) is 10.9 Å². The molecule has 22 heavy (non-hydrogen) atoms. The van der Waals surface area contributed by atoms with Crippen LogP contribution in [-0.2, 0) is 10.0 Å². The van der Waals surface area contributed by atoms with Crippen molar-refractivity contribution in [3.05, 3.63) is 23.0 Å². The van der Waals surface area contributed by atoms with Gasteiger partial charge in [0.15, 0.2) is 0 Å². The van der Waals surface area contributed by atoms with Crippen molar-refractivity contribution in [1.82, 2.24) is 14.2 Å². The van der Waals surface area contributed by atoms with Gasteiger partial charge in [-0.15, -0.1) is 0 Å². The van der Waals surface area contributed by atoms with E-state index >= 15 is 0 Å². The standard InChI is InChI=1S/C15H22ClN3O2S/c1-12-9-14(10-17-15(12)16)22(20,21)19-8-4-5-13(19)11-18-6-2-3-7-18/h9-10,13H,2-8,11H2,1H3. The molecule has 3 rings (SSSR count). The van der Waals surface area contributed by atoms with Gasteiger partial charge in [-0.1, -0.05) is 11.6 Å². The molecule has 7 heteroatoms. The first-order valence-electron chi connectivity index (χ1n) is 7.85. The molecule has 2 aliphatic rings. The van der Waals surface area contributed by atoms with Crippen LogP contribution < -0.4 is 0 Å². The summed E-state index contributed by atoms with van der Waals surface area (Å²) in [4.78, 5) is 6.63. The smallest absolute Gasteiger partial charge is 0.244 e. The molecule has 0 saturated carbocycles. The Labute approximate surface area is 137 Å². The maximum absolute atomic E-state index is 12.9. The topological polar surface area (TPSA) is 53.5 Å². The molecule has 5 nitrogen and oxygen atoms in total. The van der Waals surface area contributed by atoms with Gasteiger partial charge in [-0.25, -0.2) is 13.4 Å². The number of pyridine rings is 1. The molecule has 1 aromatic heterocycles. The summed E-state index contributed by atoms with van der Waals surface area (Å²) in [6.45, 7) is 5.40. The monoisotopic (exact) mass is 343 g/mol. The lowest BCUT2D eigenvalue weighted by Crippen LogP contribution is -2.42. The molecule has 0 bridgehead atoms. The van der Waals surface area contributed by atoms with E-state index in [1.807, 2.05) is 0 Å². The summed E-state index contributed by atoms with van der Waals surface area (Å²) in [6, 6.07) is 1.70. The number of hydrogen-bond acceptors (Lipinski definition) is 4. The summed E-state index contributed by atoms with van der Waals surface area (Å²) < 4.78 is 27.5. The Morgan fingerprint density at radius 1 is 1.27 bits per heavy atom. The van der Waals surface area contributed by atoms with E-state index in [0.29, 0.717) is 17.3 Å². The van der Waals surface area contributed by atoms with Crippen LogP contribution in [0.4, 0.5) is 0 Å². The second-order valence-electron chi connectivity index (χ2n) is 6.20. The molecule has 2 fully saturated rings. The van der Waals surface area contributed by atoms with Crippen molar-refractivity contribution in [2.75, 3.05) is 26.2 Å². The lowest BCUT2D eigenvalue weighted by atomic mass is 10.2. The van der Waals surface area contributed by atoms with Crippen LogP contribution in [0.2, 0.25) is 5.15 Å².